The van der Waals surface area contributed by atoms with Gasteiger partial charge in [0.1, 0.15) is 12.4 Å². The Hall–Kier alpha value is -2.60. The Balaban J connectivity index is 2.16. The maximum atomic E-state index is 12.0. The molecule has 0 spiro atoms. The molecule has 0 aliphatic heterocycles. The van der Waals surface area contributed by atoms with Gasteiger partial charge in [-0.3, -0.25) is 10.1 Å². The standard InChI is InChI=1S/C15H12ClNO5/c1-21-14-5-3-2-4-10(14)9-22-15(18)12-8-11(17(19)20)6-7-13(12)16/h2-8H,9H2,1H3. The van der Waals surface area contributed by atoms with Crippen LogP contribution in [0.3, 0.4) is 0 Å². The molecule has 114 valence electrons. The summed E-state index contributed by atoms with van der Waals surface area (Å²) in [7, 11) is 1.51. The normalized spacial score (nSPS) is 10.1. The summed E-state index contributed by atoms with van der Waals surface area (Å²) < 4.78 is 10.3. The van der Waals surface area contributed by atoms with Gasteiger partial charge in [-0.25, -0.2) is 4.79 Å². The summed E-state index contributed by atoms with van der Waals surface area (Å²) >= 11 is 5.89. The summed E-state index contributed by atoms with van der Waals surface area (Å²) in [5.41, 5.74) is 0.402. The first-order valence-corrected chi connectivity index (χ1v) is 6.63. The highest BCUT2D eigenvalue weighted by Gasteiger charge is 2.17. The zero-order valence-electron chi connectivity index (χ0n) is 11.6. The lowest BCUT2D eigenvalue weighted by atomic mass is 10.2. The lowest BCUT2D eigenvalue weighted by Gasteiger charge is -2.09. The van der Waals surface area contributed by atoms with Crippen molar-refractivity contribution in [1.29, 1.82) is 0 Å². The molecule has 0 saturated carbocycles. The minimum Gasteiger partial charge on any atom is -0.496 e. The van der Waals surface area contributed by atoms with Crippen molar-refractivity contribution in [1.82, 2.24) is 0 Å². The Morgan fingerprint density at radius 3 is 2.68 bits per heavy atom. The molecule has 2 aromatic carbocycles. The average Bonchev–Trinajstić information content (AvgIpc) is 2.53. The summed E-state index contributed by atoms with van der Waals surface area (Å²) in [6.45, 7) is -0.0259. The third-order valence-electron chi connectivity index (χ3n) is 2.93. The first-order chi connectivity index (χ1) is 10.5. The molecule has 0 fully saturated rings. The molecule has 0 saturated heterocycles. The highest BCUT2D eigenvalue weighted by Crippen LogP contribution is 2.24. The second-order valence-electron chi connectivity index (χ2n) is 4.31. The number of hydrogen-bond acceptors (Lipinski definition) is 5. The molecule has 0 aliphatic carbocycles. The molecular formula is C15H12ClNO5. The van der Waals surface area contributed by atoms with Crippen LogP contribution in [0.4, 0.5) is 5.69 Å². The van der Waals surface area contributed by atoms with Crippen LogP contribution in [0.2, 0.25) is 5.02 Å². The van der Waals surface area contributed by atoms with Crippen LogP contribution < -0.4 is 4.74 Å². The summed E-state index contributed by atoms with van der Waals surface area (Å²) in [6.07, 6.45) is 0. The van der Waals surface area contributed by atoms with Crippen LogP contribution in [0.1, 0.15) is 15.9 Å². The van der Waals surface area contributed by atoms with E-state index in [1.165, 1.54) is 19.2 Å². The zero-order valence-corrected chi connectivity index (χ0v) is 12.4. The van der Waals surface area contributed by atoms with E-state index in [2.05, 4.69) is 0 Å². The molecule has 7 heteroatoms. The highest BCUT2D eigenvalue weighted by molar-refractivity contribution is 6.33. The Labute approximate surface area is 131 Å². The Kier molecular flexibility index (Phi) is 4.95. The predicted molar refractivity (Wildman–Crippen MR) is 80.2 cm³/mol. The van der Waals surface area contributed by atoms with E-state index in [-0.39, 0.29) is 22.9 Å². The number of nitro benzene ring substituents is 1. The molecule has 22 heavy (non-hydrogen) atoms. The van der Waals surface area contributed by atoms with Gasteiger partial charge in [0.25, 0.3) is 5.69 Å². The van der Waals surface area contributed by atoms with Gasteiger partial charge in [0.05, 0.1) is 22.6 Å². The number of esters is 1. The van der Waals surface area contributed by atoms with Gasteiger partial charge in [-0.2, -0.15) is 0 Å². The van der Waals surface area contributed by atoms with E-state index in [4.69, 9.17) is 21.1 Å². The van der Waals surface area contributed by atoms with Crippen molar-refractivity contribution in [2.45, 2.75) is 6.61 Å². The summed E-state index contributed by atoms with van der Waals surface area (Å²) in [5, 5.41) is 10.8. The molecule has 0 radical (unpaired) electrons. The van der Waals surface area contributed by atoms with E-state index in [0.29, 0.717) is 11.3 Å². The molecule has 0 aromatic heterocycles. The Morgan fingerprint density at radius 2 is 2.00 bits per heavy atom. The fraction of sp³-hybridized carbons (Fsp3) is 0.133. The fourth-order valence-electron chi connectivity index (χ4n) is 1.83. The van der Waals surface area contributed by atoms with Crippen LogP contribution in [0.15, 0.2) is 42.5 Å². The van der Waals surface area contributed by atoms with Crippen LogP contribution in [-0.4, -0.2) is 18.0 Å². The summed E-state index contributed by atoms with van der Waals surface area (Å²) in [4.78, 5) is 22.2. The van der Waals surface area contributed by atoms with Crippen molar-refractivity contribution < 1.29 is 19.2 Å². The molecule has 0 unspecified atom stereocenters. The van der Waals surface area contributed by atoms with E-state index >= 15 is 0 Å². The van der Waals surface area contributed by atoms with Crippen molar-refractivity contribution in [3.63, 3.8) is 0 Å². The number of halogens is 1. The Morgan fingerprint density at radius 1 is 1.27 bits per heavy atom. The monoisotopic (exact) mass is 321 g/mol. The van der Waals surface area contributed by atoms with Gasteiger partial charge in [0.15, 0.2) is 0 Å². The van der Waals surface area contributed by atoms with Crippen LogP contribution in [0.5, 0.6) is 5.75 Å². The number of rotatable bonds is 5. The number of benzene rings is 2. The van der Waals surface area contributed by atoms with Crippen molar-refractivity contribution in [2.75, 3.05) is 7.11 Å². The van der Waals surface area contributed by atoms with E-state index in [1.54, 1.807) is 24.3 Å². The maximum Gasteiger partial charge on any atom is 0.340 e. The molecule has 2 aromatic rings. The van der Waals surface area contributed by atoms with Crippen molar-refractivity contribution >= 4 is 23.3 Å². The maximum absolute atomic E-state index is 12.0. The first-order valence-electron chi connectivity index (χ1n) is 6.26. The van der Waals surface area contributed by atoms with Crippen molar-refractivity contribution in [3.05, 3.63) is 68.7 Å². The number of nitro groups is 1. The number of carbonyl (C=O) groups is 1. The van der Waals surface area contributed by atoms with Crippen molar-refractivity contribution in [2.24, 2.45) is 0 Å². The van der Waals surface area contributed by atoms with Crippen LogP contribution >= 0.6 is 11.6 Å². The second-order valence-corrected chi connectivity index (χ2v) is 4.72. The summed E-state index contributed by atoms with van der Waals surface area (Å²) in [6, 6.07) is 10.7. The van der Waals surface area contributed by atoms with Gasteiger partial charge in [0, 0.05) is 17.7 Å². The predicted octanol–water partition coefficient (Wildman–Crippen LogP) is 3.61. The van der Waals surface area contributed by atoms with Gasteiger partial charge < -0.3 is 9.47 Å². The number of carbonyl (C=O) groups excluding carboxylic acids is 1. The number of ether oxygens (including phenoxy) is 2. The topological polar surface area (TPSA) is 78.7 Å². The zero-order chi connectivity index (χ0) is 16.1. The fourth-order valence-corrected chi connectivity index (χ4v) is 2.02. The van der Waals surface area contributed by atoms with Crippen LogP contribution in [0, 0.1) is 10.1 Å². The van der Waals surface area contributed by atoms with Gasteiger partial charge in [-0.1, -0.05) is 29.8 Å². The third-order valence-corrected chi connectivity index (χ3v) is 3.26. The number of hydrogen-bond donors (Lipinski definition) is 0. The number of nitrogens with zero attached hydrogens (tertiary/aromatic N) is 1. The lowest BCUT2D eigenvalue weighted by Crippen LogP contribution is -2.07. The smallest absolute Gasteiger partial charge is 0.340 e. The molecule has 0 heterocycles. The third kappa shape index (κ3) is 3.53. The van der Waals surface area contributed by atoms with Crippen LogP contribution in [-0.2, 0) is 11.3 Å². The van der Waals surface area contributed by atoms with Gasteiger partial charge in [-0.15, -0.1) is 0 Å². The van der Waals surface area contributed by atoms with Gasteiger partial charge >= 0.3 is 5.97 Å². The number of methoxy groups -OCH3 is 1. The number of non-ortho nitro benzene ring substituents is 1. The highest BCUT2D eigenvalue weighted by atomic mass is 35.5. The first kappa shape index (κ1) is 15.8. The molecule has 0 aliphatic rings. The van der Waals surface area contributed by atoms with E-state index in [0.717, 1.165) is 6.07 Å². The molecule has 0 bridgehead atoms. The molecule has 0 atom stereocenters. The quantitative estimate of drug-likeness (QED) is 0.477. The molecule has 0 N–H and O–H groups in total. The lowest BCUT2D eigenvalue weighted by molar-refractivity contribution is -0.384. The number of para-hydroxylation sites is 1. The van der Waals surface area contributed by atoms with Gasteiger partial charge in [-0.05, 0) is 12.1 Å². The SMILES string of the molecule is COc1ccccc1COC(=O)c1cc([N+](=O)[O-])ccc1Cl. The molecule has 0 amide bonds. The van der Waals surface area contributed by atoms with E-state index < -0.39 is 10.9 Å². The Bertz CT molecular complexity index is 717. The minimum absolute atomic E-state index is 0.0259. The average molecular weight is 322 g/mol. The van der Waals surface area contributed by atoms with Crippen molar-refractivity contribution in [3.8, 4) is 5.75 Å². The minimum atomic E-state index is -0.736. The van der Waals surface area contributed by atoms with E-state index in [9.17, 15) is 14.9 Å². The van der Waals surface area contributed by atoms with E-state index in [1.807, 2.05) is 0 Å². The summed E-state index contributed by atoms with van der Waals surface area (Å²) in [5.74, 6) is -0.153. The van der Waals surface area contributed by atoms with Gasteiger partial charge in [0.2, 0.25) is 0 Å². The largest absolute Gasteiger partial charge is 0.496 e. The second kappa shape index (κ2) is 6.91. The molecular weight excluding hydrogens is 310 g/mol. The molecule has 2 rings (SSSR count). The molecule has 6 nitrogen and oxygen atoms in total. The van der Waals surface area contributed by atoms with Crippen LogP contribution in [0.25, 0.3) is 0 Å².